The van der Waals surface area contributed by atoms with Crippen LogP contribution in [-0.2, 0) is 28.8 Å². The van der Waals surface area contributed by atoms with Crippen molar-refractivity contribution >= 4 is 22.9 Å². The van der Waals surface area contributed by atoms with Crippen molar-refractivity contribution in [1.82, 2.24) is 10.3 Å². The van der Waals surface area contributed by atoms with Crippen LogP contribution in [0.3, 0.4) is 0 Å². The van der Waals surface area contributed by atoms with Crippen molar-refractivity contribution in [3.63, 3.8) is 0 Å². The second-order valence-corrected chi connectivity index (χ2v) is 8.46. The molecule has 0 radical (unpaired) electrons. The third-order valence-electron chi connectivity index (χ3n) is 5.14. The maximum atomic E-state index is 14.3. The van der Waals surface area contributed by atoms with Gasteiger partial charge >= 0.3 is 6.18 Å². The van der Waals surface area contributed by atoms with Gasteiger partial charge in [0.05, 0.1) is 17.3 Å². The van der Waals surface area contributed by atoms with E-state index in [-0.39, 0.29) is 29.1 Å². The largest absolute Gasteiger partial charge is 0.755 e. The molecule has 180 valence electrons. The zero-order chi connectivity index (χ0) is 25.0. The van der Waals surface area contributed by atoms with Crippen LogP contribution in [0.5, 0.6) is 0 Å². The quantitative estimate of drug-likeness (QED) is 0.386. The number of anilines is 1. The van der Waals surface area contributed by atoms with Crippen molar-refractivity contribution < 1.29 is 31.1 Å². The molecule has 0 aliphatic rings. The fraction of sp³-hybridized carbons (Fsp3) is 0.217. The number of hydrogen-bond donors (Lipinski definition) is 1. The molecule has 3 rings (SSSR count). The summed E-state index contributed by atoms with van der Waals surface area (Å²) in [5.41, 5.74) is -0.181. The van der Waals surface area contributed by atoms with E-state index >= 15 is 0 Å². The van der Waals surface area contributed by atoms with Gasteiger partial charge in [-0.1, -0.05) is 36.4 Å². The van der Waals surface area contributed by atoms with E-state index in [1.54, 1.807) is 30.3 Å². The van der Waals surface area contributed by atoms with Gasteiger partial charge in [0.2, 0.25) is 5.91 Å². The van der Waals surface area contributed by atoms with Crippen molar-refractivity contribution in [2.45, 2.75) is 25.6 Å². The van der Waals surface area contributed by atoms with Crippen LogP contribution in [-0.4, -0.2) is 26.7 Å². The molecule has 1 amide bonds. The number of carbonyl (C=O) groups excluding carboxylic acids is 1. The molecule has 2 atom stereocenters. The zero-order valence-corrected chi connectivity index (χ0v) is 18.9. The molecule has 0 fully saturated rings. The highest BCUT2D eigenvalue weighted by molar-refractivity contribution is 7.80. The molecule has 1 aromatic heterocycles. The Morgan fingerprint density at radius 2 is 1.82 bits per heavy atom. The average Bonchev–Trinajstić information content (AvgIpc) is 2.81. The number of pyridine rings is 1. The smallest absolute Gasteiger partial charge is 0.433 e. The van der Waals surface area contributed by atoms with Gasteiger partial charge in [0.15, 0.2) is 0 Å². The maximum absolute atomic E-state index is 14.3. The Kier molecular flexibility index (Phi) is 7.68. The predicted molar refractivity (Wildman–Crippen MR) is 119 cm³/mol. The molecule has 0 bridgehead atoms. The van der Waals surface area contributed by atoms with Gasteiger partial charge in [-0.3, -0.25) is 9.00 Å². The van der Waals surface area contributed by atoms with Gasteiger partial charge in [0.1, 0.15) is 11.5 Å². The van der Waals surface area contributed by atoms with Crippen LogP contribution < -0.4 is 9.62 Å². The summed E-state index contributed by atoms with van der Waals surface area (Å²) in [4.78, 5) is 16.3. The van der Waals surface area contributed by atoms with Crippen molar-refractivity contribution in [3.8, 4) is 11.3 Å². The average molecular weight is 494 g/mol. The van der Waals surface area contributed by atoms with E-state index in [0.29, 0.717) is 9.87 Å². The highest BCUT2D eigenvalue weighted by atomic mass is 32.2. The number of hydrogen-bond acceptors (Lipinski definition) is 4. The molecule has 0 spiro atoms. The molecule has 0 aliphatic carbocycles. The Morgan fingerprint density at radius 1 is 1.15 bits per heavy atom. The fourth-order valence-electron chi connectivity index (χ4n) is 3.21. The van der Waals surface area contributed by atoms with Crippen LogP contribution in [0.2, 0.25) is 0 Å². The number of nitrogens with one attached hydrogen (secondary N) is 1. The highest BCUT2D eigenvalue weighted by Crippen LogP contribution is 2.31. The number of halogens is 4. The molecule has 0 aliphatic heterocycles. The molecular formula is C23H20F4N3O3S-. The summed E-state index contributed by atoms with van der Waals surface area (Å²) in [6, 6.07) is 14.4. The molecule has 11 heteroatoms. The molecular weight excluding hydrogens is 474 g/mol. The van der Waals surface area contributed by atoms with E-state index < -0.39 is 40.8 Å². The second kappa shape index (κ2) is 10.3. The SMILES string of the molecule is CC(C(=O)NCc1cc(-c2ccccc2)nc(C(F)(F)F)c1)c1ccc(N(C)S(=O)[O-])c(F)c1. The van der Waals surface area contributed by atoms with E-state index in [0.717, 1.165) is 12.1 Å². The third-order valence-corrected chi connectivity index (χ3v) is 5.78. The Morgan fingerprint density at radius 3 is 2.41 bits per heavy atom. The van der Waals surface area contributed by atoms with E-state index in [1.165, 1.54) is 32.2 Å². The van der Waals surface area contributed by atoms with Crippen LogP contribution in [0.15, 0.2) is 60.7 Å². The molecule has 2 aromatic carbocycles. The molecule has 3 aromatic rings. The lowest BCUT2D eigenvalue weighted by Gasteiger charge is -2.22. The Hall–Kier alpha value is -3.31. The minimum Gasteiger partial charge on any atom is -0.755 e. The van der Waals surface area contributed by atoms with Crippen LogP contribution in [0, 0.1) is 5.82 Å². The molecule has 0 saturated carbocycles. The first-order chi connectivity index (χ1) is 16.0. The first kappa shape index (κ1) is 25.3. The molecule has 0 saturated heterocycles. The van der Waals surface area contributed by atoms with E-state index in [9.17, 15) is 31.1 Å². The first-order valence-electron chi connectivity index (χ1n) is 10.0. The lowest BCUT2D eigenvalue weighted by atomic mass is 9.99. The summed E-state index contributed by atoms with van der Waals surface area (Å²) < 4.78 is 77.2. The van der Waals surface area contributed by atoms with Crippen LogP contribution in [0.1, 0.15) is 29.7 Å². The summed E-state index contributed by atoms with van der Waals surface area (Å²) >= 11 is -2.67. The number of benzene rings is 2. The van der Waals surface area contributed by atoms with Crippen molar-refractivity contribution in [1.29, 1.82) is 0 Å². The zero-order valence-electron chi connectivity index (χ0n) is 18.1. The van der Waals surface area contributed by atoms with E-state index in [1.807, 2.05) is 0 Å². The van der Waals surface area contributed by atoms with Gasteiger partial charge in [-0.15, -0.1) is 0 Å². The number of aromatic nitrogens is 1. The molecule has 34 heavy (non-hydrogen) atoms. The van der Waals surface area contributed by atoms with Crippen LogP contribution in [0.25, 0.3) is 11.3 Å². The number of rotatable bonds is 7. The Balaban J connectivity index is 1.79. The van der Waals surface area contributed by atoms with Gasteiger partial charge < -0.3 is 14.2 Å². The van der Waals surface area contributed by atoms with E-state index in [2.05, 4.69) is 10.3 Å². The second-order valence-electron chi connectivity index (χ2n) is 7.47. The summed E-state index contributed by atoms with van der Waals surface area (Å²) in [5, 5.41) is 2.56. The van der Waals surface area contributed by atoms with Gasteiger partial charge in [-0.05, 0) is 42.3 Å². The third kappa shape index (κ3) is 5.97. The van der Waals surface area contributed by atoms with Crippen molar-refractivity contribution in [2.24, 2.45) is 0 Å². The van der Waals surface area contributed by atoms with Gasteiger partial charge in [-0.25, -0.2) is 9.37 Å². The summed E-state index contributed by atoms with van der Waals surface area (Å²) in [6.45, 7) is 1.30. The molecule has 6 nitrogen and oxygen atoms in total. The Bertz CT molecular complexity index is 1210. The topological polar surface area (TPSA) is 85.4 Å². The normalized spacial score (nSPS) is 13.3. The van der Waals surface area contributed by atoms with Crippen LogP contribution in [0.4, 0.5) is 23.2 Å². The Labute approximate surface area is 196 Å². The maximum Gasteiger partial charge on any atom is 0.433 e. The van der Waals surface area contributed by atoms with E-state index in [4.69, 9.17) is 0 Å². The lowest BCUT2D eigenvalue weighted by Crippen LogP contribution is -2.28. The standard InChI is InChI=1S/C23H21F4N3O3S/c1-14(17-8-9-20(18(24)12-17)30(2)34(32)33)22(31)28-13-15-10-19(16-6-4-3-5-7-16)29-21(11-15)23(25,26)27/h3-12,14H,13H2,1-2H3,(H,28,31)(H,32,33)/p-1. The van der Waals surface area contributed by atoms with Crippen molar-refractivity contribution in [3.05, 3.63) is 83.3 Å². The fourth-order valence-corrected chi connectivity index (χ4v) is 3.52. The monoisotopic (exact) mass is 494 g/mol. The first-order valence-corrected chi connectivity index (χ1v) is 11.0. The minimum absolute atomic E-state index is 0.116. The predicted octanol–water partition coefficient (Wildman–Crippen LogP) is 4.56. The van der Waals surface area contributed by atoms with Gasteiger partial charge in [0.25, 0.3) is 0 Å². The van der Waals surface area contributed by atoms with Gasteiger partial charge in [-0.2, -0.15) is 13.2 Å². The molecule has 1 N–H and O–H groups in total. The number of alkyl halides is 3. The van der Waals surface area contributed by atoms with Crippen molar-refractivity contribution in [2.75, 3.05) is 11.4 Å². The van der Waals surface area contributed by atoms with Crippen LogP contribution >= 0.6 is 0 Å². The summed E-state index contributed by atoms with van der Waals surface area (Å²) in [7, 11) is 1.17. The summed E-state index contributed by atoms with van der Waals surface area (Å²) in [5.74, 6) is -2.22. The summed E-state index contributed by atoms with van der Waals surface area (Å²) in [6.07, 6.45) is -4.67. The number of nitrogens with zero attached hydrogens (tertiary/aromatic N) is 2. The number of carbonyl (C=O) groups is 1. The van der Waals surface area contributed by atoms with Gasteiger partial charge in [0, 0.05) is 30.4 Å². The number of amides is 1. The minimum atomic E-state index is -4.67. The molecule has 1 heterocycles. The molecule has 2 unspecified atom stereocenters. The lowest BCUT2D eigenvalue weighted by molar-refractivity contribution is -0.141. The highest BCUT2D eigenvalue weighted by Gasteiger charge is 2.33.